The predicted octanol–water partition coefficient (Wildman–Crippen LogP) is 11.1. The van der Waals surface area contributed by atoms with Crippen LogP contribution in [0.4, 0.5) is 0 Å². The number of aliphatic hydroxyl groups is 1. The van der Waals surface area contributed by atoms with E-state index < -0.39 is 20.0 Å². The van der Waals surface area contributed by atoms with E-state index in [4.69, 9.17) is 9.05 Å². The molecule has 0 aliphatic rings. The van der Waals surface area contributed by atoms with Crippen molar-refractivity contribution in [2.45, 2.75) is 206 Å². The highest BCUT2D eigenvalue weighted by atomic mass is 31.2. The van der Waals surface area contributed by atoms with Crippen LogP contribution in [-0.4, -0.2) is 68.5 Å². The molecule has 0 fully saturated rings. The van der Waals surface area contributed by atoms with Crippen molar-refractivity contribution in [2.75, 3.05) is 40.9 Å². The van der Waals surface area contributed by atoms with Gasteiger partial charge in [-0.2, -0.15) is 0 Å². The number of hydrogen-bond acceptors (Lipinski definition) is 6. The Morgan fingerprint density at radius 1 is 0.654 bits per heavy atom. The second kappa shape index (κ2) is 35.7. The van der Waals surface area contributed by atoms with Gasteiger partial charge >= 0.3 is 0 Å². The second-order valence-electron chi connectivity index (χ2n) is 16.0. The minimum Gasteiger partial charge on any atom is -0.756 e. The Morgan fingerprint density at radius 3 is 1.50 bits per heavy atom. The van der Waals surface area contributed by atoms with Crippen LogP contribution < -0.4 is 10.2 Å². The molecule has 0 heterocycles. The summed E-state index contributed by atoms with van der Waals surface area (Å²) in [7, 11) is 1.26. The molecule has 0 spiro atoms. The summed E-state index contributed by atoms with van der Waals surface area (Å²) in [5.41, 5.74) is 0. The molecule has 0 aliphatic carbocycles. The molecular formula is C43H85N2O6P. The summed E-state index contributed by atoms with van der Waals surface area (Å²) in [6.45, 7) is 4.58. The summed E-state index contributed by atoms with van der Waals surface area (Å²) in [4.78, 5) is 25.1. The predicted molar refractivity (Wildman–Crippen MR) is 219 cm³/mol. The molecule has 2 N–H and O–H groups in total. The van der Waals surface area contributed by atoms with Crippen molar-refractivity contribution in [3.8, 4) is 0 Å². The smallest absolute Gasteiger partial charge is 0.268 e. The van der Waals surface area contributed by atoms with Gasteiger partial charge in [-0.15, -0.1) is 0 Å². The van der Waals surface area contributed by atoms with Crippen molar-refractivity contribution in [3.63, 3.8) is 0 Å². The monoisotopic (exact) mass is 757 g/mol. The minimum atomic E-state index is -4.57. The van der Waals surface area contributed by atoms with Crippen LogP contribution in [0.3, 0.4) is 0 Å². The van der Waals surface area contributed by atoms with Gasteiger partial charge in [-0.1, -0.05) is 167 Å². The lowest BCUT2D eigenvalue weighted by Crippen LogP contribution is -2.45. The van der Waals surface area contributed by atoms with Gasteiger partial charge in [0, 0.05) is 6.42 Å². The maximum atomic E-state index is 12.8. The number of carbonyl (C=O) groups is 1. The number of amides is 1. The van der Waals surface area contributed by atoms with Gasteiger partial charge in [0.1, 0.15) is 13.2 Å². The van der Waals surface area contributed by atoms with Crippen molar-refractivity contribution >= 4 is 13.7 Å². The SMILES string of the molecule is CCCCCCC/C=C/C(O)C(COP(=O)([O-])OCC[N+](C)(C)C)NC(=O)CCCCCCCCCCCCC/C=C\CCCCCCCCCC. The van der Waals surface area contributed by atoms with Gasteiger partial charge in [-0.3, -0.25) is 9.36 Å². The first-order chi connectivity index (χ1) is 25.0. The summed E-state index contributed by atoms with van der Waals surface area (Å²) >= 11 is 0. The molecule has 3 unspecified atom stereocenters. The van der Waals surface area contributed by atoms with E-state index in [2.05, 4.69) is 31.3 Å². The van der Waals surface area contributed by atoms with Gasteiger partial charge in [0.25, 0.3) is 7.82 Å². The fourth-order valence-corrected chi connectivity index (χ4v) is 6.87. The lowest BCUT2D eigenvalue weighted by molar-refractivity contribution is -0.870. The largest absolute Gasteiger partial charge is 0.756 e. The Morgan fingerprint density at radius 2 is 1.06 bits per heavy atom. The topological polar surface area (TPSA) is 108 Å². The molecule has 0 saturated heterocycles. The first kappa shape index (κ1) is 51.0. The van der Waals surface area contributed by atoms with E-state index in [-0.39, 0.29) is 19.1 Å². The van der Waals surface area contributed by atoms with Gasteiger partial charge in [-0.05, 0) is 44.9 Å². The van der Waals surface area contributed by atoms with E-state index in [9.17, 15) is 19.4 Å². The van der Waals surface area contributed by atoms with Crippen LogP contribution in [0.2, 0.25) is 0 Å². The molecule has 1 amide bonds. The maximum Gasteiger partial charge on any atom is 0.268 e. The molecule has 0 aliphatic heterocycles. The van der Waals surface area contributed by atoms with E-state index in [1.165, 1.54) is 135 Å². The molecule has 8 nitrogen and oxygen atoms in total. The third-order valence-electron chi connectivity index (χ3n) is 9.66. The Kier molecular flexibility index (Phi) is 35.0. The number of nitrogens with one attached hydrogen (secondary N) is 1. The highest BCUT2D eigenvalue weighted by Gasteiger charge is 2.23. The summed E-state index contributed by atoms with van der Waals surface area (Å²) < 4.78 is 23.0. The molecule has 9 heteroatoms. The van der Waals surface area contributed by atoms with Gasteiger partial charge in [0.15, 0.2) is 0 Å². The first-order valence-corrected chi connectivity index (χ1v) is 23.2. The molecule has 3 atom stereocenters. The van der Waals surface area contributed by atoms with Crippen molar-refractivity contribution in [1.29, 1.82) is 0 Å². The molecule has 0 aromatic heterocycles. The Hall–Kier alpha value is -1.02. The highest BCUT2D eigenvalue weighted by molar-refractivity contribution is 7.45. The number of quaternary nitrogens is 1. The zero-order valence-corrected chi connectivity index (χ0v) is 35.7. The zero-order chi connectivity index (χ0) is 38.6. The van der Waals surface area contributed by atoms with Crippen molar-refractivity contribution < 1.29 is 32.9 Å². The fourth-order valence-electron chi connectivity index (χ4n) is 6.15. The van der Waals surface area contributed by atoms with Crippen LogP contribution in [-0.2, 0) is 18.4 Å². The lowest BCUT2D eigenvalue weighted by atomic mass is 10.0. The molecule has 0 saturated carbocycles. The number of aliphatic hydroxyl groups excluding tert-OH is 1. The third kappa shape index (κ3) is 37.3. The van der Waals surface area contributed by atoms with Crippen LogP contribution in [0, 0.1) is 0 Å². The van der Waals surface area contributed by atoms with Crippen molar-refractivity contribution in [2.24, 2.45) is 0 Å². The lowest BCUT2D eigenvalue weighted by Gasteiger charge is -2.29. The van der Waals surface area contributed by atoms with Crippen molar-refractivity contribution in [1.82, 2.24) is 5.32 Å². The minimum absolute atomic E-state index is 0.000660. The van der Waals surface area contributed by atoms with E-state index >= 15 is 0 Å². The van der Waals surface area contributed by atoms with E-state index in [1.54, 1.807) is 6.08 Å². The number of rotatable bonds is 39. The van der Waals surface area contributed by atoms with Crippen LogP contribution in [0.15, 0.2) is 24.3 Å². The standard InChI is InChI=1S/C43H85N2O6P/c1-6-8-10-12-14-15-16-17-18-19-20-21-22-23-24-25-26-27-28-29-31-33-35-37-43(47)44-41(42(46)36-34-32-30-13-11-9-7-2)40-51-52(48,49)50-39-38-45(3,4)5/h19-20,34,36,41-42,46H,6-18,21-33,35,37-40H2,1-5H3,(H-,44,47,48,49)/b20-19-,36-34+. The second-order valence-corrected chi connectivity index (χ2v) is 17.5. The van der Waals surface area contributed by atoms with Crippen LogP contribution in [0.5, 0.6) is 0 Å². The van der Waals surface area contributed by atoms with Crippen LogP contribution >= 0.6 is 7.82 Å². The number of unbranched alkanes of at least 4 members (excludes halogenated alkanes) is 24. The normalized spacial score (nSPS) is 14.7. The number of phosphoric ester groups is 1. The fraction of sp³-hybridized carbons (Fsp3) is 0.884. The molecule has 308 valence electrons. The van der Waals surface area contributed by atoms with E-state index in [0.717, 1.165) is 38.5 Å². The number of allylic oxidation sites excluding steroid dienone is 3. The molecule has 0 radical (unpaired) electrons. The van der Waals surface area contributed by atoms with Gasteiger partial charge in [-0.25, -0.2) is 0 Å². The summed E-state index contributed by atoms with van der Waals surface area (Å²) in [5, 5.41) is 13.6. The quantitative estimate of drug-likeness (QED) is 0.0280. The van der Waals surface area contributed by atoms with Gasteiger partial charge in [0.05, 0.1) is 39.9 Å². The summed E-state index contributed by atoms with van der Waals surface area (Å²) in [6.07, 6.45) is 41.1. The number of hydrogen-bond donors (Lipinski definition) is 2. The number of likely N-dealkylation sites (N-methyl/N-ethyl adjacent to an activating group) is 1. The molecule has 52 heavy (non-hydrogen) atoms. The zero-order valence-electron chi connectivity index (χ0n) is 34.8. The first-order valence-electron chi connectivity index (χ1n) is 21.7. The summed E-state index contributed by atoms with van der Waals surface area (Å²) in [6, 6.07) is -0.880. The summed E-state index contributed by atoms with van der Waals surface area (Å²) in [5.74, 6) is -0.203. The number of nitrogens with zero attached hydrogens (tertiary/aromatic N) is 1. The number of carbonyl (C=O) groups excluding carboxylic acids is 1. The average Bonchev–Trinajstić information content (AvgIpc) is 3.09. The Balaban J connectivity index is 4.13. The van der Waals surface area contributed by atoms with E-state index in [0.29, 0.717) is 17.4 Å². The van der Waals surface area contributed by atoms with Crippen molar-refractivity contribution in [3.05, 3.63) is 24.3 Å². The van der Waals surface area contributed by atoms with Gasteiger partial charge < -0.3 is 28.8 Å². The maximum absolute atomic E-state index is 12.8. The molecule has 0 rings (SSSR count). The molecule has 0 aromatic rings. The number of phosphoric acid groups is 1. The van der Waals surface area contributed by atoms with E-state index in [1.807, 2.05) is 27.2 Å². The van der Waals surface area contributed by atoms with Crippen LogP contribution in [0.25, 0.3) is 0 Å². The highest BCUT2D eigenvalue weighted by Crippen LogP contribution is 2.38. The average molecular weight is 757 g/mol. The molecular weight excluding hydrogens is 671 g/mol. The third-order valence-corrected chi connectivity index (χ3v) is 10.6. The molecule has 0 bridgehead atoms. The van der Waals surface area contributed by atoms with Crippen LogP contribution in [0.1, 0.15) is 194 Å². The van der Waals surface area contributed by atoms with Gasteiger partial charge in [0.2, 0.25) is 5.91 Å². The Bertz CT molecular complexity index is 907. The Labute approximate surface area is 322 Å². The molecule has 0 aromatic carbocycles.